The number of hydrogen-bond donors (Lipinski definition) is 2. The molecule has 4 atom stereocenters. The molecule has 0 bridgehead atoms. The molecule has 1 heterocycles. The van der Waals surface area contributed by atoms with Crippen molar-refractivity contribution < 1.29 is 5.11 Å². The number of aliphatic hydroxyl groups is 1. The number of hydrogen-bond acceptors (Lipinski definition) is 2. The molecule has 1 saturated heterocycles. The average molecular weight is 183 g/mol. The molecule has 0 amide bonds. The second kappa shape index (κ2) is 3.25. The van der Waals surface area contributed by atoms with Crippen molar-refractivity contribution in [2.75, 3.05) is 0 Å². The summed E-state index contributed by atoms with van der Waals surface area (Å²) in [6.07, 6.45) is 5.92. The molecule has 2 heteroatoms. The molecule has 0 radical (unpaired) electrons. The van der Waals surface area contributed by atoms with Crippen molar-refractivity contribution in [3.05, 3.63) is 0 Å². The number of rotatable bonds is 0. The van der Waals surface area contributed by atoms with Crippen molar-refractivity contribution in [1.29, 1.82) is 0 Å². The highest BCUT2D eigenvalue weighted by molar-refractivity contribution is 5.01. The lowest BCUT2D eigenvalue weighted by atomic mass is 9.67. The smallest absolute Gasteiger partial charge is 0.0600 e. The number of fused-ring (bicyclic) bond motifs is 1. The molecular formula is C11H21NO. The van der Waals surface area contributed by atoms with Gasteiger partial charge in [0.25, 0.3) is 0 Å². The van der Waals surface area contributed by atoms with Crippen LogP contribution in [0.15, 0.2) is 0 Å². The van der Waals surface area contributed by atoms with Crippen molar-refractivity contribution in [3.63, 3.8) is 0 Å². The Labute approximate surface area is 80.7 Å². The van der Waals surface area contributed by atoms with Crippen LogP contribution >= 0.6 is 0 Å². The summed E-state index contributed by atoms with van der Waals surface area (Å²) < 4.78 is 0. The fraction of sp³-hybridized carbons (Fsp3) is 1.00. The third-order valence-corrected chi connectivity index (χ3v) is 3.92. The Kier molecular flexibility index (Phi) is 2.37. The predicted octanol–water partition coefficient (Wildman–Crippen LogP) is 1.68. The molecule has 2 rings (SSSR count). The van der Waals surface area contributed by atoms with E-state index in [-0.39, 0.29) is 11.6 Å². The molecule has 2 aliphatic rings. The second-order valence-electron chi connectivity index (χ2n) is 5.12. The van der Waals surface area contributed by atoms with Crippen LogP contribution in [0.1, 0.15) is 46.0 Å². The van der Waals surface area contributed by atoms with Gasteiger partial charge in [0.2, 0.25) is 0 Å². The summed E-state index contributed by atoms with van der Waals surface area (Å²) in [6.45, 7) is 4.47. The molecule has 13 heavy (non-hydrogen) atoms. The molecule has 2 nitrogen and oxygen atoms in total. The van der Waals surface area contributed by atoms with E-state index < -0.39 is 0 Å². The van der Waals surface area contributed by atoms with Crippen LogP contribution in [0.4, 0.5) is 0 Å². The Balaban J connectivity index is 2.15. The van der Waals surface area contributed by atoms with Crippen LogP contribution in [0.2, 0.25) is 0 Å². The highest BCUT2D eigenvalue weighted by Gasteiger charge is 2.44. The zero-order valence-electron chi connectivity index (χ0n) is 8.71. The van der Waals surface area contributed by atoms with E-state index in [4.69, 9.17) is 0 Å². The third-order valence-electron chi connectivity index (χ3n) is 3.92. The van der Waals surface area contributed by atoms with Crippen LogP contribution in [-0.2, 0) is 0 Å². The molecule has 0 aromatic heterocycles. The van der Waals surface area contributed by atoms with Crippen LogP contribution < -0.4 is 5.32 Å². The monoisotopic (exact) mass is 183 g/mol. The van der Waals surface area contributed by atoms with E-state index in [1.165, 1.54) is 25.7 Å². The van der Waals surface area contributed by atoms with Gasteiger partial charge in [0, 0.05) is 17.5 Å². The highest BCUT2D eigenvalue weighted by atomic mass is 16.3. The normalized spacial score (nSPS) is 51.5. The summed E-state index contributed by atoms with van der Waals surface area (Å²) >= 11 is 0. The minimum atomic E-state index is -0.0680. The first-order valence-electron chi connectivity index (χ1n) is 5.57. The fourth-order valence-corrected chi connectivity index (χ4v) is 3.30. The van der Waals surface area contributed by atoms with Gasteiger partial charge in [0.1, 0.15) is 0 Å². The van der Waals surface area contributed by atoms with Crippen LogP contribution in [0.5, 0.6) is 0 Å². The lowest BCUT2D eigenvalue weighted by Gasteiger charge is -2.50. The first kappa shape index (κ1) is 9.47. The summed E-state index contributed by atoms with van der Waals surface area (Å²) in [4.78, 5) is 0. The summed E-state index contributed by atoms with van der Waals surface area (Å²) in [5, 5.41) is 13.7. The van der Waals surface area contributed by atoms with Crippen molar-refractivity contribution in [1.82, 2.24) is 5.32 Å². The van der Waals surface area contributed by atoms with Gasteiger partial charge in [-0.25, -0.2) is 0 Å². The van der Waals surface area contributed by atoms with E-state index in [0.29, 0.717) is 12.0 Å². The van der Waals surface area contributed by atoms with Gasteiger partial charge in [-0.1, -0.05) is 12.8 Å². The summed E-state index contributed by atoms with van der Waals surface area (Å²) in [6, 6.07) is 0.481. The molecule has 0 spiro atoms. The topological polar surface area (TPSA) is 32.3 Å². The Hall–Kier alpha value is -0.0800. The number of nitrogens with one attached hydrogen (secondary N) is 1. The van der Waals surface area contributed by atoms with Gasteiger partial charge in [-0.3, -0.25) is 0 Å². The Morgan fingerprint density at radius 2 is 2.15 bits per heavy atom. The van der Waals surface area contributed by atoms with Gasteiger partial charge in [0.15, 0.2) is 0 Å². The molecule has 1 unspecified atom stereocenters. The van der Waals surface area contributed by atoms with Crippen LogP contribution in [0.3, 0.4) is 0 Å². The first-order valence-corrected chi connectivity index (χ1v) is 5.57. The Morgan fingerprint density at radius 3 is 2.92 bits per heavy atom. The van der Waals surface area contributed by atoms with Gasteiger partial charge < -0.3 is 10.4 Å². The third kappa shape index (κ3) is 1.62. The average Bonchev–Trinajstić information content (AvgIpc) is 2.01. The number of piperidine rings is 1. The van der Waals surface area contributed by atoms with Crippen molar-refractivity contribution >= 4 is 0 Å². The molecule has 0 aromatic rings. The van der Waals surface area contributed by atoms with Gasteiger partial charge in [0.05, 0.1) is 6.10 Å². The van der Waals surface area contributed by atoms with Crippen molar-refractivity contribution in [2.24, 2.45) is 5.92 Å². The quantitative estimate of drug-likeness (QED) is 0.599. The lowest BCUT2D eigenvalue weighted by Crippen LogP contribution is -2.62. The zero-order chi connectivity index (χ0) is 9.47. The molecule has 2 fully saturated rings. The maximum Gasteiger partial charge on any atom is 0.0600 e. The minimum Gasteiger partial charge on any atom is -0.393 e. The van der Waals surface area contributed by atoms with Gasteiger partial charge in [-0.15, -0.1) is 0 Å². The summed E-state index contributed by atoms with van der Waals surface area (Å²) in [5.41, 5.74) is 0.218. The van der Waals surface area contributed by atoms with E-state index in [2.05, 4.69) is 19.2 Å². The maximum absolute atomic E-state index is 10.00. The number of aliphatic hydroxyl groups excluding tert-OH is 1. The highest BCUT2D eigenvalue weighted by Crippen LogP contribution is 2.40. The SMILES string of the molecule is C[C@H]1CC(O)[C@@H]2CCCC[C@]2(C)N1. The molecule has 1 aliphatic carbocycles. The second-order valence-corrected chi connectivity index (χ2v) is 5.12. The summed E-state index contributed by atoms with van der Waals surface area (Å²) in [5.74, 6) is 0.498. The molecule has 1 saturated carbocycles. The van der Waals surface area contributed by atoms with E-state index in [1.807, 2.05) is 0 Å². The zero-order valence-corrected chi connectivity index (χ0v) is 8.71. The van der Waals surface area contributed by atoms with Crippen LogP contribution in [0.25, 0.3) is 0 Å². The van der Waals surface area contributed by atoms with E-state index in [0.717, 1.165) is 6.42 Å². The molecular weight excluding hydrogens is 162 g/mol. The molecule has 76 valence electrons. The predicted molar refractivity (Wildman–Crippen MR) is 53.6 cm³/mol. The van der Waals surface area contributed by atoms with E-state index >= 15 is 0 Å². The molecule has 1 aliphatic heterocycles. The van der Waals surface area contributed by atoms with Crippen molar-refractivity contribution in [3.8, 4) is 0 Å². The van der Waals surface area contributed by atoms with E-state index in [1.54, 1.807) is 0 Å². The molecule has 2 N–H and O–H groups in total. The van der Waals surface area contributed by atoms with Gasteiger partial charge in [-0.05, 0) is 33.1 Å². The van der Waals surface area contributed by atoms with Crippen molar-refractivity contribution in [2.45, 2.75) is 63.6 Å². The van der Waals surface area contributed by atoms with Crippen LogP contribution in [0, 0.1) is 5.92 Å². The van der Waals surface area contributed by atoms with E-state index in [9.17, 15) is 5.11 Å². The standard InChI is InChI=1S/C11H21NO/c1-8-7-10(13)9-5-3-4-6-11(9,2)12-8/h8-10,12-13H,3-7H2,1-2H3/t8-,9-,10?,11-/m0/s1. The van der Waals surface area contributed by atoms with Gasteiger partial charge in [-0.2, -0.15) is 0 Å². The summed E-state index contributed by atoms with van der Waals surface area (Å²) in [7, 11) is 0. The van der Waals surface area contributed by atoms with Gasteiger partial charge >= 0.3 is 0 Å². The van der Waals surface area contributed by atoms with Crippen LogP contribution in [-0.4, -0.2) is 22.8 Å². The lowest BCUT2D eigenvalue weighted by molar-refractivity contribution is -0.0253. The Morgan fingerprint density at radius 1 is 1.38 bits per heavy atom. The molecule has 0 aromatic carbocycles. The minimum absolute atomic E-state index is 0.0680. The first-order chi connectivity index (χ1) is 6.12. The largest absolute Gasteiger partial charge is 0.393 e. The maximum atomic E-state index is 10.00. The Bertz CT molecular complexity index is 195. The fourth-order valence-electron chi connectivity index (χ4n) is 3.30.